The summed E-state index contributed by atoms with van der Waals surface area (Å²) in [4.78, 5) is 10.8. The summed E-state index contributed by atoms with van der Waals surface area (Å²) in [5.41, 5.74) is 2.13. The lowest BCUT2D eigenvalue weighted by molar-refractivity contribution is 0.409. The Hall–Kier alpha value is -2.14. The minimum Gasteiger partial charge on any atom is -0.496 e. The van der Waals surface area contributed by atoms with Gasteiger partial charge >= 0.3 is 0 Å². The molecular weight excluding hydrogens is 270 g/mol. The van der Waals surface area contributed by atoms with Crippen molar-refractivity contribution < 1.29 is 4.74 Å². The van der Waals surface area contributed by atoms with Crippen LogP contribution in [0.5, 0.6) is 5.75 Å². The van der Waals surface area contributed by atoms with Gasteiger partial charge in [-0.25, -0.2) is 9.97 Å². The van der Waals surface area contributed by atoms with Gasteiger partial charge in [0.05, 0.1) is 17.3 Å². The van der Waals surface area contributed by atoms with Gasteiger partial charge in [-0.15, -0.1) is 11.3 Å². The Kier molecular flexibility index (Phi) is 3.52. The molecular formula is C15H15N3OS. The SMILES string of the molecule is COc1ccccc1CN(C)c1ncnc2ccsc12. The Labute approximate surface area is 121 Å². The molecule has 0 radical (unpaired) electrons. The van der Waals surface area contributed by atoms with Crippen LogP contribution in [0.1, 0.15) is 5.56 Å². The summed E-state index contributed by atoms with van der Waals surface area (Å²) in [7, 11) is 3.73. The van der Waals surface area contributed by atoms with Crippen molar-refractivity contribution in [1.82, 2.24) is 9.97 Å². The average molecular weight is 285 g/mol. The van der Waals surface area contributed by atoms with Crippen molar-refractivity contribution in [2.45, 2.75) is 6.54 Å². The summed E-state index contributed by atoms with van der Waals surface area (Å²) in [6.45, 7) is 0.744. The van der Waals surface area contributed by atoms with E-state index < -0.39 is 0 Å². The minimum atomic E-state index is 0.744. The molecule has 0 bridgehead atoms. The largest absolute Gasteiger partial charge is 0.496 e. The smallest absolute Gasteiger partial charge is 0.150 e. The first kappa shape index (κ1) is 12.9. The van der Waals surface area contributed by atoms with Crippen molar-refractivity contribution in [1.29, 1.82) is 0 Å². The van der Waals surface area contributed by atoms with Crippen LogP contribution in [0.25, 0.3) is 10.2 Å². The van der Waals surface area contributed by atoms with Crippen LogP contribution in [0.15, 0.2) is 42.0 Å². The second kappa shape index (κ2) is 5.46. The van der Waals surface area contributed by atoms with E-state index in [0.717, 1.165) is 33.9 Å². The minimum absolute atomic E-state index is 0.744. The maximum Gasteiger partial charge on any atom is 0.150 e. The van der Waals surface area contributed by atoms with Gasteiger partial charge in [-0.05, 0) is 17.5 Å². The van der Waals surface area contributed by atoms with Crippen LogP contribution in [-0.4, -0.2) is 24.1 Å². The Balaban J connectivity index is 1.93. The third kappa shape index (κ3) is 2.32. The number of hydrogen-bond donors (Lipinski definition) is 0. The van der Waals surface area contributed by atoms with E-state index in [1.165, 1.54) is 0 Å². The van der Waals surface area contributed by atoms with Gasteiger partial charge in [0.1, 0.15) is 17.9 Å². The summed E-state index contributed by atoms with van der Waals surface area (Å²) in [6, 6.07) is 10.1. The number of anilines is 1. The molecule has 1 aromatic carbocycles. The van der Waals surface area contributed by atoms with Gasteiger partial charge in [-0.1, -0.05) is 18.2 Å². The molecule has 2 heterocycles. The topological polar surface area (TPSA) is 38.2 Å². The molecule has 3 rings (SSSR count). The molecule has 0 saturated carbocycles. The van der Waals surface area contributed by atoms with Crippen molar-refractivity contribution in [2.75, 3.05) is 19.1 Å². The molecule has 20 heavy (non-hydrogen) atoms. The van der Waals surface area contributed by atoms with Crippen molar-refractivity contribution in [2.24, 2.45) is 0 Å². The number of rotatable bonds is 4. The van der Waals surface area contributed by atoms with E-state index in [1.807, 2.05) is 36.7 Å². The molecule has 0 aliphatic carbocycles. The number of nitrogens with zero attached hydrogens (tertiary/aromatic N) is 3. The highest BCUT2D eigenvalue weighted by atomic mass is 32.1. The number of thiophene rings is 1. The van der Waals surface area contributed by atoms with E-state index in [4.69, 9.17) is 4.74 Å². The molecule has 0 saturated heterocycles. The Morgan fingerprint density at radius 2 is 2.05 bits per heavy atom. The molecule has 5 heteroatoms. The summed E-state index contributed by atoms with van der Waals surface area (Å²) >= 11 is 1.66. The predicted molar refractivity (Wildman–Crippen MR) is 82.5 cm³/mol. The molecule has 0 aliphatic rings. The van der Waals surface area contributed by atoms with E-state index in [1.54, 1.807) is 24.8 Å². The third-order valence-electron chi connectivity index (χ3n) is 3.19. The molecule has 0 aliphatic heterocycles. The number of para-hydroxylation sites is 1. The quantitative estimate of drug-likeness (QED) is 0.737. The van der Waals surface area contributed by atoms with Crippen LogP contribution < -0.4 is 9.64 Å². The van der Waals surface area contributed by atoms with E-state index in [-0.39, 0.29) is 0 Å². The fraction of sp³-hybridized carbons (Fsp3) is 0.200. The lowest BCUT2D eigenvalue weighted by atomic mass is 10.2. The zero-order valence-electron chi connectivity index (χ0n) is 11.4. The van der Waals surface area contributed by atoms with Crippen LogP contribution in [0.4, 0.5) is 5.82 Å². The van der Waals surface area contributed by atoms with Crippen LogP contribution in [0.3, 0.4) is 0 Å². The van der Waals surface area contributed by atoms with Gasteiger partial charge in [0.25, 0.3) is 0 Å². The molecule has 4 nitrogen and oxygen atoms in total. The molecule has 102 valence electrons. The fourth-order valence-corrected chi connectivity index (χ4v) is 3.10. The van der Waals surface area contributed by atoms with Gasteiger partial charge in [-0.2, -0.15) is 0 Å². The zero-order valence-corrected chi connectivity index (χ0v) is 12.2. The monoisotopic (exact) mass is 285 g/mol. The first-order valence-electron chi connectivity index (χ1n) is 6.31. The molecule has 0 unspecified atom stereocenters. The van der Waals surface area contributed by atoms with E-state index in [0.29, 0.717) is 0 Å². The summed E-state index contributed by atoms with van der Waals surface area (Å²) in [5.74, 6) is 1.85. The molecule has 0 amide bonds. The van der Waals surface area contributed by atoms with Crippen LogP contribution in [0, 0.1) is 0 Å². The summed E-state index contributed by atoms with van der Waals surface area (Å²) in [6.07, 6.45) is 1.61. The third-order valence-corrected chi connectivity index (χ3v) is 4.09. The molecule has 0 fully saturated rings. The first-order chi connectivity index (χ1) is 9.79. The zero-order chi connectivity index (χ0) is 13.9. The number of methoxy groups -OCH3 is 1. The van der Waals surface area contributed by atoms with Gasteiger partial charge < -0.3 is 9.64 Å². The number of aromatic nitrogens is 2. The number of benzene rings is 1. The second-order valence-corrected chi connectivity index (χ2v) is 5.42. The molecule has 2 aromatic heterocycles. The highest BCUT2D eigenvalue weighted by Gasteiger charge is 2.12. The van der Waals surface area contributed by atoms with Crippen LogP contribution in [-0.2, 0) is 6.54 Å². The summed E-state index contributed by atoms with van der Waals surface area (Å²) in [5, 5.41) is 2.04. The lowest BCUT2D eigenvalue weighted by Crippen LogP contribution is -2.18. The Bertz CT molecular complexity index is 726. The van der Waals surface area contributed by atoms with E-state index in [2.05, 4.69) is 20.9 Å². The predicted octanol–water partition coefficient (Wildman–Crippen LogP) is 3.34. The highest BCUT2D eigenvalue weighted by Crippen LogP contribution is 2.29. The summed E-state index contributed by atoms with van der Waals surface area (Å²) < 4.78 is 6.51. The van der Waals surface area contributed by atoms with Crippen LogP contribution >= 0.6 is 11.3 Å². The van der Waals surface area contributed by atoms with Crippen molar-refractivity contribution in [3.63, 3.8) is 0 Å². The van der Waals surface area contributed by atoms with Crippen LogP contribution in [0.2, 0.25) is 0 Å². The van der Waals surface area contributed by atoms with Gasteiger partial charge in [0.2, 0.25) is 0 Å². The highest BCUT2D eigenvalue weighted by molar-refractivity contribution is 7.17. The van der Waals surface area contributed by atoms with Crippen molar-refractivity contribution >= 4 is 27.4 Å². The van der Waals surface area contributed by atoms with Gasteiger partial charge in [0.15, 0.2) is 0 Å². The maximum absolute atomic E-state index is 5.40. The number of fused-ring (bicyclic) bond motifs is 1. The maximum atomic E-state index is 5.40. The number of hydrogen-bond acceptors (Lipinski definition) is 5. The Morgan fingerprint density at radius 1 is 1.20 bits per heavy atom. The van der Waals surface area contributed by atoms with Gasteiger partial charge in [0, 0.05) is 19.2 Å². The van der Waals surface area contributed by atoms with Crippen molar-refractivity contribution in [3.8, 4) is 5.75 Å². The molecule has 0 atom stereocenters. The number of ether oxygens (including phenoxy) is 1. The van der Waals surface area contributed by atoms with Crippen molar-refractivity contribution in [3.05, 3.63) is 47.6 Å². The second-order valence-electron chi connectivity index (χ2n) is 4.50. The van der Waals surface area contributed by atoms with E-state index >= 15 is 0 Å². The van der Waals surface area contributed by atoms with E-state index in [9.17, 15) is 0 Å². The molecule has 0 N–H and O–H groups in total. The standard InChI is InChI=1S/C15H15N3OS/c1-18(9-11-5-3-4-6-13(11)19-2)15-14-12(7-8-20-14)16-10-17-15/h3-8,10H,9H2,1-2H3. The molecule has 3 aromatic rings. The normalized spacial score (nSPS) is 10.7. The Morgan fingerprint density at radius 3 is 2.90 bits per heavy atom. The fourth-order valence-electron chi connectivity index (χ4n) is 2.21. The lowest BCUT2D eigenvalue weighted by Gasteiger charge is -2.20. The first-order valence-corrected chi connectivity index (χ1v) is 7.19. The average Bonchev–Trinajstić information content (AvgIpc) is 2.96. The van der Waals surface area contributed by atoms with Gasteiger partial charge in [-0.3, -0.25) is 0 Å². The molecule has 0 spiro atoms.